The lowest BCUT2D eigenvalue weighted by Crippen LogP contribution is -1.88. The first-order valence-corrected chi connectivity index (χ1v) is 4.69. The minimum Gasteiger partial charge on any atom is -0.412 e. The van der Waals surface area contributed by atoms with E-state index in [1.54, 1.807) is 6.08 Å². The van der Waals surface area contributed by atoms with Gasteiger partial charge in [0.2, 0.25) is 0 Å². The Morgan fingerprint density at radius 3 is 2.27 bits per heavy atom. The number of phosphoric ester groups is 1. The van der Waals surface area contributed by atoms with Gasteiger partial charge in [0.15, 0.2) is 0 Å². The van der Waals surface area contributed by atoms with E-state index >= 15 is 0 Å². The standard InChI is InChI=1S/C6H13O4P/c1-4-5-6-10-11(7,8-2)9-3/h5-6H,4H2,1-3H3. The van der Waals surface area contributed by atoms with Crippen LogP contribution in [0.1, 0.15) is 13.3 Å². The van der Waals surface area contributed by atoms with Crippen molar-refractivity contribution in [2.24, 2.45) is 0 Å². The van der Waals surface area contributed by atoms with Gasteiger partial charge < -0.3 is 4.52 Å². The first-order chi connectivity index (χ1) is 5.18. The van der Waals surface area contributed by atoms with E-state index in [-0.39, 0.29) is 0 Å². The van der Waals surface area contributed by atoms with Crippen molar-refractivity contribution >= 4 is 7.82 Å². The molecule has 0 aromatic heterocycles. The summed E-state index contributed by atoms with van der Waals surface area (Å²) < 4.78 is 24.8. The van der Waals surface area contributed by atoms with E-state index in [0.717, 1.165) is 6.42 Å². The first kappa shape index (κ1) is 10.7. The highest BCUT2D eigenvalue weighted by molar-refractivity contribution is 7.48. The predicted octanol–water partition coefficient (Wildman–Crippen LogP) is 2.33. The molecule has 5 heteroatoms. The first-order valence-electron chi connectivity index (χ1n) is 3.23. The van der Waals surface area contributed by atoms with Crippen LogP contribution >= 0.6 is 7.82 Å². The molecule has 0 unspecified atom stereocenters. The van der Waals surface area contributed by atoms with Crippen LogP contribution in [0.4, 0.5) is 0 Å². The van der Waals surface area contributed by atoms with Crippen LogP contribution in [0, 0.1) is 0 Å². The summed E-state index contributed by atoms with van der Waals surface area (Å²) >= 11 is 0. The average molecular weight is 180 g/mol. The average Bonchev–Trinajstić information content (AvgIpc) is 2.05. The van der Waals surface area contributed by atoms with Gasteiger partial charge in [-0.05, 0) is 12.5 Å². The molecule has 0 aliphatic rings. The lowest BCUT2D eigenvalue weighted by Gasteiger charge is -2.10. The van der Waals surface area contributed by atoms with Gasteiger partial charge in [-0.15, -0.1) is 0 Å². The third kappa shape index (κ3) is 4.19. The van der Waals surface area contributed by atoms with Gasteiger partial charge in [0.05, 0.1) is 6.26 Å². The zero-order valence-electron chi connectivity index (χ0n) is 6.94. The number of hydrogen-bond acceptors (Lipinski definition) is 4. The summed E-state index contributed by atoms with van der Waals surface area (Å²) in [7, 11) is -0.762. The summed E-state index contributed by atoms with van der Waals surface area (Å²) in [6, 6.07) is 0. The molecule has 0 fully saturated rings. The molecule has 0 rings (SSSR count). The van der Waals surface area contributed by atoms with Crippen LogP contribution in [-0.4, -0.2) is 14.2 Å². The number of phosphoric acid groups is 1. The topological polar surface area (TPSA) is 44.8 Å². The third-order valence-electron chi connectivity index (χ3n) is 0.969. The van der Waals surface area contributed by atoms with Gasteiger partial charge >= 0.3 is 7.82 Å². The zero-order valence-corrected chi connectivity index (χ0v) is 7.84. The van der Waals surface area contributed by atoms with Crippen LogP contribution in [0.2, 0.25) is 0 Å². The van der Waals surface area contributed by atoms with Crippen molar-refractivity contribution in [1.82, 2.24) is 0 Å². The number of allylic oxidation sites excluding steroid dienone is 1. The van der Waals surface area contributed by atoms with E-state index in [1.807, 2.05) is 6.92 Å². The van der Waals surface area contributed by atoms with Crippen molar-refractivity contribution < 1.29 is 18.1 Å². The maximum atomic E-state index is 11.1. The second-order valence-corrected chi connectivity index (χ2v) is 3.53. The molecule has 0 saturated carbocycles. The summed E-state index contributed by atoms with van der Waals surface area (Å²) in [6.45, 7) is 1.93. The third-order valence-corrected chi connectivity index (χ3v) is 2.24. The van der Waals surface area contributed by atoms with E-state index in [4.69, 9.17) is 4.52 Å². The maximum absolute atomic E-state index is 11.1. The van der Waals surface area contributed by atoms with Crippen molar-refractivity contribution in [3.05, 3.63) is 12.3 Å². The Kier molecular flexibility index (Phi) is 5.20. The monoisotopic (exact) mass is 180 g/mol. The Morgan fingerprint density at radius 1 is 1.36 bits per heavy atom. The molecule has 0 aromatic rings. The second kappa shape index (κ2) is 5.35. The Bertz CT molecular complexity index is 158. The summed E-state index contributed by atoms with van der Waals surface area (Å²) in [5.41, 5.74) is 0. The van der Waals surface area contributed by atoms with Gasteiger partial charge in [0, 0.05) is 14.2 Å². The molecule has 4 nitrogen and oxygen atoms in total. The van der Waals surface area contributed by atoms with Crippen molar-refractivity contribution in [3.63, 3.8) is 0 Å². The molecule has 0 amide bonds. The Balaban J connectivity index is 3.88. The van der Waals surface area contributed by atoms with E-state index in [2.05, 4.69) is 9.05 Å². The number of hydrogen-bond donors (Lipinski definition) is 0. The molecule has 0 aliphatic heterocycles. The Labute approximate surface area is 66.8 Å². The predicted molar refractivity (Wildman–Crippen MR) is 42.1 cm³/mol. The second-order valence-electron chi connectivity index (χ2n) is 1.70. The van der Waals surface area contributed by atoms with Gasteiger partial charge in [0.25, 0.3) is 0 Å². The molecular weight excluding hydrogens is 167 g/mol. The van der Waals surface area contributed by atoms with Gasteiger partial charge in [-0.2, -0.15) is 0 Å². The molecule has 0 bridgehead atoms. The van der Waals surface area contributed by atoms with Gasteiger partial charge in [-0.1, -0.05) is 6.92 Å². The molecule has 0 radical (unpaired) electrons. The van der Waals surface area contributed by atoms with Gasteiger partial charge in [-0.3, -0.25) is 9.05 Å². The molecule has 0 aromatic carbocycles. The van der Waals surface area contributed by atoms with Crippen molar-refractivity contribution in [2.75, 3.05) is 14.2 Å². The summed E-state index contributed by atoms with van der Waals surface area (Å²) in [5, 5.41) is 0. The van der Waals surface area contributed by atoms with E-state index in [0.29, 0.717) is 0 Å². The maximum Gasteiger partial charge on any atom is 0.528 e. The van der Waals surface area contributed by atoms with Gasteiger partial charge in [0.1, 0.15) is 0 Å². The summed E-state index contributed by atoms with van der Waals surface area (Å²) in [4.78, 5) is 0. The fourth-order valence-corrected chi connectivity index (χ4v) is 0.931. The highest BCUT2D eigenvalue weighted by Crippen LogP contribution is 2.47. The lowest BCUT2D eigenvalue weighted by molar-refractivity contribution is 0.193. The SMILES string of the molecule is CCC=COP(=O)(OC)OC. The minimum absolute atomic E-state index is 0.813. The molecule has 0 atom stereocenters. The number of rotatable bonds is 5. The molecule has 0 spiro atoms. The fourth-order valence-electron chi connectivity index (χ4n) is 0.374. The highest BCUT2D eigenvalue weighted by Gasteiger charge is 2.21. The van der Waals surface area contributed by atoms with Crippen molar-refractivity contribution in [2.45, 2.75) is 13.3 Å². The molecule has 0 heterocycles. The van der Waals surface area contributed by atoms with Crippen LogP contribution in [0.3, 0.4) is 0 Å². The molecule has 0 aliphatic carbocycles. The Morgan fingerprint density at radius 2 is 1.91 bits per heavy atom. The highest BCUT2D eigenvalue weighted by atomic mass is 31.2. The lowest BCUT2D eigenvalue weighted by atomic mass is 10.5. The van der Waals surface area contributed by atoms with Crippen LogP contribution in [0.25, 0.3) is 0 Å². The fraction of sp³-hybridized carbons (Fsp3) is 0.667. The van der Waals surface area contributed by atoms with Crippen LogP contribution < -0.4 is 0 Å². The smallest absolute Gasteiger partial charge is 0.412 e. The Hall–Kier alpha value is -0.310. The molecule has 0 saturated heterocycles. The van der Waals surface area contributed by atoms with Crippen LogP contribution in [0.5, 0.6) is 0 Å². The molecular formula is C6H13O4P. The van der Waals surface area contributed by atoms with Crippen LogP contribution in [0.15, 0.2) is 12.3 Å². The van der Waals surface area contributed by atoms with Crippen LogP contribution in [-0.2, 0) is 18.1 Å². The van der Waals surface area contributed by atoms with Gasteiger partial charge in [-0.25, -0.2) is 4.57 Å². The molecule has 0 N–H and O–H groups in total. The largest absolute Gasteiger partial charge is 0.528 e. The molecule has 66 valence electrons. The summed E-state index contributed by atoms with van der Waals surface area (Å²) in [6.07, 6.45) is 3.84. The quantitative estimate of drug-likeness (QED) is 0.481. The zero-order chi connectivity index (χ0) is 8.74. The normalized spacial score (nSPS) is 12.3. The molecule has 11 heavy (non-hydrogen) atoms. The van der Waals surface area contributed by atoms with E-state index in [9.17, 15) is 4.57 Å². The van der Waals surface area contributed by atoms with E-state index in [1.165, 1.54) is 20.5 Å². The van der Waals surface area contributed by atoms with Crippen molar-refractivity contribution in [1.29, 1.82) is 0 Å². The minimum atomic E-state index is -3.30. The van der Waals surface area contributed by atoms with Crippen molar-refractivity contribution in [3.8, 4) is 0 Å². The summed E-state index contributed by atoms with van der Waals surface area (Å²) in [5.74, 6) is 0. The van der Waals surface area contributed by atoms with E-state index < -0.39 is 7.82 Å².